The highest BCUT2D eigenvalue weighted by Gasteiger charge is 2.15. The van der Waals surface area contributed by atoms with Gasteiger partial charge in [0, 0.05) is 29.9 Å². The Kier molecular flexibility index (Phi) is 3.70. The molecule has 0 fully saturated rings. The first-order chi connectivity index (χ1) is 14.3. The molecule has 0 spiro atoms. The van der Waals surface area contributed by atoms with Gasteiger partial charge in [0.15, 0.2) is 5.82 Å². The SMILES string of the molecule is c1ccc2c(Cc3nnc4sc(Cc5c[nH]c6ccccc56)nn34)cccc2c1. The minimum atomic E-state index is 0.707. The molecule has 0 unspecified atom stereocenters. The highest BCUT2D eigenvalue weighted by molar-refractivity contribution is 7.16. The Hall–Kier alpha value is -3.51. The van der Waals surface area contributed by atoms with E-state index in [9.17, 15) is 0 Å². The molecule has 0 saturated carbocycles. The summed E-state index contributed by atoms with van der Waals surface area (Å²) in [7, 11) is 0. The number of H-pyrrole nitrogens is 1. The second-order valence-corrected chi connectivity index (χ2v) is 8.20. The molecule has 0 aliphatic heterocycles. The molecule has 3 aromatic heterocycles. The third kappa shape index (κ3) is 2.80. The van der Waals surface area contributed by atoms with Crippen LogP contribution in [0.3, 0.4) is 0 Å². The molecular formula is C23H17N5S. The molecule has 0 bridgehead atoms. The fourth-order valence-corrected chi connectivity index (χ4v) is 4.81. The van der Waals surface area contributed by atoms with Gasteiger partial charge in [0.2, 0.25) is 4.96 Å². The van der Waals surface area contributed by atoms with Gasteiger partial charge in [-0.2, -0.15) is 9.61 Å². The molecule has 6 aromatic rings. The maximum absolute atomic E-state index is 4.83. The van der Waals surface area contributed by atoms with Crippen LogP contribution in [-0.4, -0.2) is 24.8 Å². The number of fused-ring (bicyclic) bond motifs is 3. The summed E-state index contributed by atoms with van der Waals surface area (Å²) in [6.45, 7) is 0. The third-order valence-corrected chi connectivity index (χ3v) is 6.24. The molecule has 5 nitrogen and oxygen atoms in total. The first-order valence-electron chi connectivity index (χ1n) is 9.57. The molecule has 29 heavy (non-hydrogen) atoms. The van der Waals surface area contributed by atoms with E-state index in [1.54, 1.807) is 11.3 Å². The molecule has 140 valence electrons. The molecular weight excluding hydrogens is 378 g/mol. The van der Waals surface area contributed by atoms with E-state index in [0.29, 0.717) is 6.42 Å². The van der Waals surface area contributed by atoms with Crippen molar-refractivity contribution >= 4 is 38.0 Å². The van der Waals surface area contributed by atoms with Crippen LogP contribution in [0, 0.1) is 0 Å². The van der Waals surface area contributed by atoms with Crippen molar-refractivity contribution in [2.24, 2.45) is 0 Å². The fourth-order valence-electron chi connectivity index (χ4n) is 3.94. The van der Waals surface area contributed by atoms with Gasteiger partial charge in [0.25, 0.3) is 0 Å². The summed E-state index contributed by atoms with van der Waals surface area (Å²) in [6, 6.07) is 23.2. The quantitative estimate of drug-likeness (QED) is 0.457. The van der Waals surface area contributed by atoms with E-state index in [2.05, 4.69) is 82.0 Å². The van der Waals surface area contributed by atoms with Gasteiger partial charge in [-0.15, -0.1) is 10.2 Å². The van der Waals surface area contributed by atoms with Gasteiger partial charge in [-0.1, -0.05) is 72.0 Å². The fraction of sp³-hybridized carbons (Fsp3) is 0.0870. The Bertz CT molecular complexity index is 1470. The number of hydrogen-bond acceptors (Lipinski definition) is 4. The van der Waals surface area contributed by atoms with E-state index in [0.717, 1.165) is 27.7 Å². The first-order valence-corrected chi connectivity index (χ1v) is 10.4. The molecule has 6 heteroatoms. The maximum Gasteiger partial charge on any atom is 0.234 e. The van der Waals surface area contributed by atoms with Crippen LogP contribution in [-0.2, 0) is 12.8 Å². The lowest BCUT2D eigenvalue weighted by Crippen LogP contribution is -1.99. The Morgan fingerprint density at radius 3 is 2.59 bits per heavy atom. The van der Waals surface area contributed by atoms with Crippen molar-refractivity contribution in [1.82, 2.24) is 24.8 Å². The Morgan fingerprint density at radius 1 is 0.793 bits per heavy atom. The van der Waals surface area contributed by atoms with E-state index in [4.69, 9.17) is 5.10 Å². The number of aromatic nitrogens is 5. The number of para-hydroxylation sites is 1. The normalized spacial score (nSPS) is 11.7. The van der Waals surface area contributed by atoms with Crippen LogP contribution in [0.5, 0.6) is 0 Å². The zero-order valence-corrected chi connectivity index (χ0v) is 16.4. The van der Waals surface area contributed by atoms with E-state index in [1.165, 1.54) is 27.3 Å². The van der Waals surface area contributed by atoms with Gasteiger partial charge < -0.3 is 4.98 Å². The predicted molar refractivity (Wildman–Crippen MR) is 117 cm³/mol. The average molecular weight is 395 g/mol. The van der Waals surface area contributed by atoms with Crippen LogP contribution >= 0.6 is 11.3 Å². The van der Waals surface area contributed by atoms with Crippen LogP contribution in [0.2, 0.25) is 0 Å². The summed E-state index contributed by atoms with van der Waals surface area (Å²) in [5.74, 6) is 0.873. The molecule has 0 atom stereocenters. The van der Waals surface area contributed by atoms with E-state index in [-0.39, 0.29) is 0 Å². The van der Waals surface area contributed by atoms with Crippen molar-refractivity contribution < 1.29 is 0 Å². The molecule has 6 rings (SSSR count). The van der Waals surface area contributed by atoms with Gasteiger partial charge in [0.05, 0.1) is 0 Å². The number of nitrogens with zero attached hydrogens (tertiary/aromatic N) is 4. The van der Waals surface area contributed by atoms with E-state index in [1.807, 2.05) is 10.6 Å². The van der Waals surface area contributed by atoms with Crippen LogP contribution in [0.1, 0.15) is 22.0 Å². The summed E-state index contributed by atoms with van der Waals surface area (Å²) in [6.07, 6.45) is 3.56. The molecule has 3 heterocycles. The van der Waals surface area contributed by atoms with Crippen molar-refractivity contribution in [3.05, 3.63) is 94.9 Å². The molecule has 0 aliphatic carbocycles. The lowest BCUT2D eigenvalue weighted by atomic mass is 10.0. The Morgan fingerprint density at radius 2 is 1.62 bits per heavy atom. The third-order valence-electron chi connectivity index (χ3n) is 5.34. The van der Waals surface area contributed by atoms with Crippen molar-refractivity contribution in [2.75, 3.05) is 0 Å². The largest absolute Gasteiger partial charge is 0.361 e. The predicted octanol–water partition coefficient (Wildman–Crippen LogP) is 5.00. The number of benzene rings is 3. The van der Waals surface area contributed by atoms with Crippen molar-refractivity contribution in [1.29, 1.82) is 0 Å². The molecule has 0 aliphatic rings. The van der Waals surface area contributed by atoms with Gasteiger partial charge in [-0.25, -0.2) is 0 Å². The van der Waals surface area contributed by atoms with Gasteiger partial charge in [0.1, 0.15) is 5.01 Å². The Labute approximate surface area is 170 Å². The zero-order chi connectivity index (χ0) is 19.2. The van der Waals surface area contributed by atoms with Gasteiger partial charge in [-0.3, -0.25) is 0 Å². The number of hydrogen-bond donors (Lipinski definition) is 1. The van der Waals surface area contributed by atoms with Gasteiger partial charge >= 0.3 is 0 Å². The molecule has 0 saturated heterocycles. The first kappa shape index (κ1) is 16.4. The van der Waals surface area contributed by atoms with Crippen molar-refractivity contribution in [3.63, 3.8) is 0 Å². The minimum Gasteiger partial charge on any atom is -0.361 e. The highest BCUT2D eigenvalue weighted by atomic mass is 32.1. The van der Waals surface area contributed by atoms with E-state index >= 15 is 0 Å². The van der Waals surface area contributed by atoms with Crippen LogP contribution < -0.4 is 0 Å². The second-order valence-electron chi connectivity index (χ2n) is 7.16. The summed E-state index contributed by atoms with van der Waals surface area (Å²) >= 11 is 1.60. The lowest BCUT2D eigenvalue weighted by Gasteiger charge is -2.04. The van der Waals surface area contributed by atoms with Crippen molar-refractivity contribution in [2.45, 2.75) is 12.8 Å². The maximum atomic E-state index is 4.83. The van der Waals surface area contributed by atoms with Crippen molar-refractivity contribution in [3.8, 4) is 0 Å². The smallest absolute Gasteiger partial charge is 0.234 e. The van der Waals surface area contributed by atoms with Crippen LogP contribution in [0.25, 0.3) is 26.6 Å². The topological polar surface area (TPSA) is 58.9 Å². The standard InChI is InChI=1S/C23H17N5S/c1-2-9-18-15(6-1)7-5-8-16(18)12-21-25-26-23-28(21)27-22(29-23)13-17-14-24-20-11-4-3-10-19(17)20/h1-11,14,24H,12-13H2. The number of aromatic amines is 1. The Balaban J connectivity index is 1.35. The number of rotatable bonds is 4. The monoisotopic (exact) mass is 395 g/mol. The summed E-state index contributed by atoms with van der Waals surface area (Å²) in [4.78, 5) is 4.18. The molecule has 0 amide bonds. The van der Waals surface area contributed by atoms with Crippen LogP contribution in [0.4, 0.5) is 0 Å². The second kappa shape index (κ2) is 6.53. The van der Waals surface area contributed by atoms with Crippen LogP contribution in [0.15, 0.2) is 72.9 Å². The van der Waals surface area contributed by atoms with E-state index < -0.39 is 0 Å². The molecule has 0 radical (unpaired) electrons. The molecule has 3 aromatic carbocycles. The molecule has 1 N–H and O–H groups in total. The number of nitrogens with one attached hydrogen (secondary N) is 1. The summed E-state index contributed by atoms with van der Waals surface area (Å²) in [5, 5.41) is 18.4. The average Bonchev–Trinajstić information content (AvgIpc) is 3.45. The summed E-state index contributed by atoms with van der Waals surface area (Å²) < 4.78 is 1.90. The summed E-state index contributed by atoms with van der Waals surface area (Å²) in [5.41, 5.74) is 3.65. The minimum absolute atomic E-state index is 0.707. The lowest BCUT2D eigenvalue weighted by molar-refractivity contribution is 0.833. The van der Waals surface area contributed by atoms with Gasteiger partial charge in [-0.05, 0) is 28.0 Å². The zero-order valence-electron chi connectivity index (χ0n) is 15.5. The highest BCUT2D eigenvalue weighted by Crippen LogP contribution is 2.25.